The number of anilines is 1. The molecule has 0 bridgehead atoms. The maximum absolute atomic E-state index is 13.5. The van der Waals surface area contributed by atoms with Crippen LogP contribution < -0.4 is 10.5 Å². The predicted molar refractivity (Wildman–Crippen MR) is 119 cm³/mol. The van der Waals surface area contributed by atoms with Crippen LogP contribution in [0.5, 0.6) is 0 Å². The molecule has 1 atom stereocenters. The molecule has 158 valence electrons. The lowest BCUT2D eigenvalue weighted by molar-refractivity contribution is 0.0989. The number of hydrogen-bond acceptors (Lipinski definition) is 4. The summed E-state index contributed by atoms with van der Waals surface area (Å²) in [7, 11) is 1.68. The molecule has 1 amide bonds. The second-order valence-electron chi connectivity index (χ2n) is 7.83. The first-order valence-electron chi connectivity index (χ1n) is 10.1. The first-order valence-corrected chi connectivity index (χ1v) is 10.4. The van der Waals surface area contributed by atoms with Crippen molar-refractivity contribution in [2.75, 3.05) is 18.1 Å². The minimum absolute atomic E-state index is 0.0937. The van der Waals surface area contributed by atoms with Crippen molar-refractivity contribution in [2.45, 2.75) is 19.4 Å². The van der Waals surface area contributed by atoms with Crippen LogP contribution >= 0.6 is 11.6 Å². The molecule has 2 aromatic heterocycles. The third kappa shape index (κ3) is 3.30. The minimum Gasteiger partial charge on any atom is -0.377 e. The zero-order valence-electron chi connectivity index (χ0n) is 17.2. The van der Waals surface area contributed by atoms with Gasteiger partial charge in [0, 0.05) is 23.8 Å². The Labute approximate surface area is 183 Å². The van der Waals surface area contributed by atoms with Gasteiger partial charge in [-0.15, -0.1) is 0 Å². The molecule has 0 spiro atoms. The monoisotopic (exact) mass is 436 g/mol. The quantitative estimate of drug-likeness (QED) is 0.680. The number of aryl methyl sites for hydroxylation is 2. The number of imidazole rings is 1. The van der Waals surface area contributed by atoms with Crippen LogP contribution in [0.4, 0.5) is 5.69 Å². The van der Waals surface area contributed by atoms with Crippen LogP contribution in [0.2, 0.25) is 5.02 Å². The van der Waals surface area contributed by atoms with Gasteiger partial charge in [-0.3, -0.25) is 14.5 Å². The molecule has 2 aliphatic rings. The average molecular weight is 437 g/mol. The molecule has 1 unspecified atom stereocenters. The maximum atomic E-state index is 13.5. The number of amides is 1. The Kier molecular flexibility index (Phi) is 4.79. The Morgan fingerprint density at radius 3 is 2.68 bits per heavy atom. The predicted octanol–water partition coefficient (Wildman–Crippen LogP) is 3.62. The summed E-state index contributed by atoms with van der Waals surface area (Å²) >= 11 is 6.11. The van der Waals surface area contributed by atoms with Crippen molar-refractivity contribution in [3.8, 4) is 0 Å². The number of halogens is 1. The average Bonchev–Trinajstić information content (AvgIpc) is 3.31. The summed E-state index contributed by atoms with van der Waals surface area (Å²) in [6.07, 6.45) is 4.42. The highest BCUT2D eigenvalue weighted by Crippen LogP contribution is 2.41. The second-order valence-corrected chi connectivity index (χ2v) is 8.27. The van der Waals surface area contributed by atoms with Crippen molar-refractivity contribution in [1.82, 2.24) is 14.5 Å². The van der Waals surface area contributed by atoms with Gasteiger partial charge in [0.15, 0.2) is 5.69 Å². The van der Waals surface area contributed by atoms with E-state index in [2.05, 4.69) is 9.97 Å². The van der Waals surface area contributed by atoms with E-state index in [4.69, 9.17) is 16.3 Å². The van der Waals surface area contributed by atoms with E-state index in [1.54, 1.807) is 31.1 Å². The van der Waals surface area contributed by atoms with Gasteiger partial charge >= 0.3 is 0 Å². The molecule has 0 fully saturated rings. The van der Waals surface area contributed by atoms with Gasteiger partial charge in [-0.05, 0) is 42.7 Å². The number of nitrogens with zero attached hydrogens (tertiary/aromatic N) is 3. The second kappa shape index (κ2) is 7.51. The first kappa shape index (κ1) is 19.8. The van der Waals surface area contributed by atoms with Crippen molar-refractivity contribution in [1.29, 1.82) is 0 Å². The van der Waals surface area contributed by atoms with E-state index >= 15 is 0 Å². The summed E-state index contributed by atoms with van der Waals surface area (Å²) in [5.74, 6) is 0.500. The Morgan fingerprint density at radius 1 is 1.23 bits per heavy atom. The van der Waals surface area contributed by atoms with Crippen molar-refractivity contribution in [3.05, 3.63) is 86.3 Å². The molecule has 8 heteroatoms. The summed E-state index contributed by atoms with van der Waals surface area (Å²) in [5, 5.41) is 0.621. The summed E-state index contributed by atoms with van der Waals surface area (Å²) in [5.41, 5.74) is 4.20. The number of benzene rings is 1. The van der Waals surface area contributed by atoms with Crippen molar-refractivity contribution in [2.24, 2.45) is 7.05 Å². The number of nitrogens with one attached hydrogen (secondary N) is 1. The lowest BCUT2D eigenvalue weighted by Gasteiger charge is -2.26. The number of aromatic nitrogens is 3. The van der Waals surface area contributed by atoms with Crippen molar-refractivity contribution >= 4 is 28.8 Å². The van der Waals surface area contributed by atoms with Gasteiger partial charge in [-0.1, -0.05) is 29.8 Å². The summed E-state index contributed by atoms with van der Waals surface area (Å²) in [4.78, 5) is 35.5. The van der Waals surface area contributed by atoms with Crippen LogP contribution in [0.15, 0.2) is 47.4 Å². The Balaban J connectivity index is 1.66. The van der Waals surface area contributed by atoms with E-state index in [0.29, 0.717) is 41.0 Å². The molecule has 1 N–H and O–H groups in total. The smallest absolute Gasteiger partial charge is 0.279 e. The van der Waals surface area contributed by atoms with Crippen LogP contribution in [0.25, 0.3) is 5.57 Å². The standard InChI is InChI=1S/C23H21ClN4O3/c1-13-11-17(12-27(2)22(13)29)28-20(14-3-5-16(24)6-4-14)18-19(23(28)30)26-21(25-18)15-7-9-31-10-8-15/h3-7,11-12,20H,8-10H2,1-2H3,(H,25,26). The zero-order valence-corrected chi connectivity index (χ0v) is 17.9. The number of aromatic amines is 1. The zero-order chi connectivity index (χ0) is 21.7. The molecule has 4 heterocycles. The van der Waals surface area contributed by atoms with E-state index in [1.165, 1.54) is 4.57 Å². The third-order valence-corrected chi connectivity index (χ3v) is 6.02. The van der Waals surface area contributed by atoms with Gasteiger partial charge in [-0.25, -0.2) is 4.98 Å². The van der Waals surface area contributed by atoms with Crippen LogP contribution in [0.3, 0.4) is 0 Å². The van der Waals surface area contributed by atoms with Crippen molar-refractivity contribution in [3.63, 3.8) is 0 Å². The number of rotatable bonds is 3. The number of pyridine rings is 1. The van der Waals surface area contributed by atoms with Crippen LogP contribution in [-0.2, 0) is 11.8 Å². The fourth-order valence-corrected chi connectivity index (χ4v) is 4.34. The van der Waals surface area contributed by atoms with Gasteiger partial charge < -0.3 is 14.3 Å². The van der Waals surface area contributed by atoms with E-state index in [-0.39, 0.29) is 11.5 Å². The molecule has 0 saturated heterocycles. The lowest BCUT2D eigenvalue weighted by atomic mass is 10.0. The van der Waals surface area contributed by atoms with Gasteiger partial charge in [0.25, 0.3) is 11.5 Å². The molecule has 31 heavy (non-hydrogen) atoms. The molecular weight excluding hydrogens is 416 g/mol. The number of hydrogen-bond donors (Lipinski definition) is 1. The molecule has 0 saturated carbocycles. The van der Waals surface area contributed by atoms with Gasteiger partial charge in [0.1, 0.15) is 11.9 Å². The Bertz CT molecular complexity index is 1250. The highest BCUT2D eigenvalue weighted by Gasteiger charge is 2.42. The molecule has 1 aromatic carbocycles. The number of carbonyl (C=O) groups is 1. The molecule has 3 aromatic rings. The highest BCUT2D eigenvalue weighted by atomic mass is 35.5. The highest BCUT2D eigenvalue weighted by molar-refractivity contribution is 6.30. The van der Waals surface area contributed by atoms with E-state index in [0.717, 1.165) is 23.3 Å². The SMILES string of the molecule is Cc1cc(N2C(=O)c3nc(C4=CCOCC4)[nH]c3C2c2ccc(Cl)cc2)cn(C)c1=O. The Morgan fingerprint density at radius 2 is 2.00 bits per heavy atom. The van der Waals surface area contributed by atoms with Crippen LogP contribution in [0.1, 0.15) is 45.6 Å². The topological polar surface area (TPSA) is 80.2 Å². The Hall–Kier alpha value is -3.16. The molecule has 0 aliphatic carbocycles. The summed E-state index contributed by atoms with van der Waals surface area (Å²) in [6, 6.07) is 8.77. The summed E-state index contributed by atoms with van der Waals surface area (Å²) in [6.45, 7) is 2.92. The minimum atomic E-state index is -0.404. The van der Waals surface area contributed by atoms with E-state index < -0.39 is 6.04 Å². The normalized spacial score (nSPS) is 18.3. The molecule has 2 aliphatic heterocycles. The molecule has 7 nitrogen and oxygen atoms in total. The molecule has 5 rings (SSSR count). The summed E-state index contributed by atoms with van der Waals surface area (Å²) < 4.78 is 6.89. The first-order chi connectivity index (χ1) is 14.9. The van der Waals surface area contributed by atoms with Crippen LogP contribution in [0, 0.1) is 6.92 Å². The molecule has 0 radical (unpaired) electrons. The van der Waals surface area contributed by atoms with Gasteiger partial charge in [-0.2, -0.15) is 0 Å². The largest absolute Gasteiger partial charge is 0.377 e. The lowest BCUT2D eigenvalue weighted by Crippen LogP contribution is -2.31. The number of fused-ring (bicyclic) bond motifs is 1. The number of ether oxygens (including phenoxy) is 1. The fraction of sp³-hybridized carbons (Fsp3) is 0.261. The molecular formula is C23H21ClN4O3. The van der Waals surface area contributed by atoms with Crippen molar-refractivity contribution < 1.29 is 9.53 Å². The number of H-pyrrole nitrogens is 1. The van der Waals surface area contributed by atoms with E-state index in [9.17, 15) is 9.59 Å². The number of carbonyl (C=O) groups excluding carboxylic acids is 1. The van der Waals surface area contributed by atoms with E-state index in [1.807, 2.05) is 30.3 Å². The van der Waals surface area contributed by atoms with Crippen LogP contribution in [-0.4, -0.2) is 33.7 Å². The fourth-order valence-electron chi connectivity index (χ4n) is 4.22. The van der Waals surface area contributed by atoms with Gasteiger partial charge in [0.05, 0.1) is 24.6 Å². The third-order valence-electron chi connectivity index (χ3n) is 5.76. The maximum Gasteiger partial charge on any atom is 0.279 e. The van der Waals surface area contributed by atoms with Gasteiger partial charge in [0.2, 0.25) is 0 Å².